The zero-order valence-corrected chi connectivity index (χ0v) is 10.1. The molecule has 0 bridgehead atoms. The van der Waals surface area contributed by atoms with E-state index in [9.17, 15) is 18.0 Å². The summed E-state index contributed by atoms with van der Waals surface area (Å²) in [5, 5.41) is 0. The molecule has 2 aromatic rings. The Labute approximate surface area is 105 Å². The van der Waals surface area contributed by atoms with Crippen LogP contribution in [0.1, 0.15) is 26.5 Å². The third-order valence-corrected chi connectivity index (χ3v) is 3.35. The van der Waals surface area contributed by atoms with Gasteiger partial charge >= 0.3 is 6.18 Å². The number of benzene rings is 1. The standard InChI is InChI=1S/C12H8F3NOS/c1-7-11(18-6-16-7)10(17)8-2-4-9(5-3-8)12(13,14)15/h2-6H,1H3. The lowest BCUT2D eigenvalue weighted by molar-refractivity contribution is -0.137. The molecule has 18 heavy (non-hydrogen) atoms. The number of hydrogen-bond donors (Lipinski definition) is 0. The van der Waals surface area contributed by atoms with Crippen LogP contribution < -0.4 is 0 Å². The molecule has 0 aliphatic rings. The van der Waals surface area contributed by atoms with Gasteiger partial charge in [-0.2, -0.15) is 13.2 Å². The van der Waals surface area contributed by atoms with E-state index in [1.165, 1.54) is 29.0 Å². The predicted octanol–water partition coefficient (Wildman–Crippen LogP) is 3.70. The Hall–Kier alpha value is -1.69. The van der Waals surface area contributed by atoms with E-state index >= 15 is 0 Å². The largest absolute Gasteiger partial charge is 0.416 e. The molecule has 0 atom stereocenters. The van der Waals surface area contributed by atoms with Gasteiger partial charge in [0, 0.05) is 5.56 Å². The molecular weight excluding hydrogens is 263 g/mol. The first-order valence-electron chi connectivity index (χ1n) is 5.01. The number of hydrogen-bond acceptors (Lipinski definition) is 3. The van der Waals surface area contributed by atoms with E-state index in [1.807, 2.05) is 0 Å². The number of rotatable bonds is 2. The van der Waals surface area contributed by atoms with Gasteiger partial charge in [-0.1, -0.05) is 12.1 Å². The first-order valence-corrected chi connectivity index (χ1v) is 5.89. The van der Waals surface area contributed by atoms with Crippen molar-refractivity contribution in [2.24, 2.45) is 0 Å². The van der Waals surface area contributed by atoms with Gasteiger partial charge in [0.05, 0.1) is 21.6 Å². The maximum atomic E-state index is 12.4. The molecule has 94 valence electrons. The number of aryl methyl sites for hydroxylation is 1. The second-order valence-corrected chi connectivity index (χ2v) is 4.53. The molecule has 2 nitrogen and oxygen atoms in total. The summed E-state index contributed by atoms with van der Waals surface area (Å²) in [5.41, 5.74) is 1.59. The second-order valence-electron chi connectivity index (χ2n) is 3.67. The van der Waals surface area contributed by atoms with Crippen molar-refractivity contribution < 1.29 is 18.0 Å². The highest BCUT2D eigenvalue weighted by atomic mass is 32.1. The van der Waals surface area contributed by atoms with Gasteiger partial charge in [0.1, 0.15) is 0 Å². The summed E-state index contributed by atoms with van der Waals surface area (Å²) in [6.07, 6.45) is -4.39. The molecule has 0 N–H and O–H groups in total. The van der Waals surface area contributed by atoms with Crippen molar-refractivity contribution in [3.05, 3.63) is 51.5 Å². The van der Waals surface area contributed by atoms with E-state index in [0.29, 0.717) is 10.6 Å². The fourth-order valence-electron chi connectivity index (χ4n) is 1.46. The molecule has 0 saturated carbocycles. The minimum Gasteiger partial charge on any atom is -0.288 e. The van der Waals surface area contributed by atoms with E-state index in [2.05, 4.69) is 4.98 Å². The number of ketones is 1. The fourth-order valence-corrected chi connectivity index (χ4v) is 2.23. The number of carbonyl (C=O) groups is 1. The van der Waals surface area contributed by atoms with Gasteiger partial charge in [0.15, 0.2) is 0 Å². The van der Waals surface area contributed by atoms with Crippen LogP contribution in [0.3, 0.4) is 0 Å². The molecule has 0 saturated heterocycles. The van der Waals surface area contributed by atoms with Crippen molar-refractivity contribution in [2.75, 3.05) is 0 Å². The molecule has 0 aliphatic carbocycles. The Morgan fingerprint density at radius 2 is 1.83 bits per heavy atom. The van der Waals surface area contributed by atoms with Crippen molar-refractivity contribution >= 4 is 17.1 Å². The highest BCUT2D eigenvalue weighted by Gasteiger charge is 2.30. The lowest BCUT2D eigenvalue weighted by Gasteiger charge is -2.06. The summed E-state index contributed by atoms with van der Waals surface area (Å²) in [5.74, 6) is -0.302. The van der Waals surface area contributed by atoms with Gasteiger partial charge in [-0.15, -0.1) is 11.3 Å². The van der Waals surface area contributed by atoms with E-state index < -0.39 is 11.7 Å². The van der Waals surface area contributed by atoms with Crippen LogP contribution >= 0.6 is 11.3 Å². The Morgan fingerprint density at radius 1 is 1.22 bits per heavy atom. The summed E-state index contributed by atoms with van der Waals surface area (Å²) >= 11 is 1.18. The zero-order valence-electron chi connectivity index (χ0n) is 9.28. The smallest absolute Gasteiger partial charge is 0.288 e. The average molecular weight is 271 g/mol. The lowest BCUT2D eigenvalue weighted by Crippen LogP contribution is -2.06. The minimum absolute atomic E-state index is 0.232. The molecule has 1 aromatic carbocycles. The molecule has 6 heteroatoms. The lowest BCUT2D eigenvalue weighted by atomic mass is 10.1. The maximum absolute atomic E-state index is 12.4. The molecule has 0 fully saturated rings. The Balaban J connectivity index is 2.31. The number of aromatic nitrogens is 1. The first kappa shape index (κ1) is 12.8. The van der Waals surface area contributed by atoms with Crippen LogP contribution in [0.5, 0.6) is 0 Å². The number of halogens is 3. The fraction of sp³-hybridized carbons (Fsp3) is 0.167. The van der Waals surface area contributed by atoms with Crippen molar-refractivity contribution in [3.8, 4) is 0 Å². The second kappa shape index (κ2) is 4.53. The van der Waals surface area contributed by atoms with E-state index in [-0.39, 0.29) is 11.3 Å². The number of nitrogens with zero attached hydrogens (tertiary/aromatic N) is 1. The quantitative estimate of drug-likeness (QED) is 0.779. The Bertz CT molecular complexity index is 572. The molecule has 1 heterocycles. The third kappa shape index (κ3) is 2.43. The molecule has 0 aliphatic heterocycles. The van der Waals surface area contributed by atoms with Crippen LogP contribution in [-0.2, 0) is 6.18 Å². The third-order valence-electron chi connectivity index (χ3n) is 2.43. The number of alkyl halides is 3. The summed E-state index contributed by atoms with van der Waals surface area (Å²) in [6.45, 7) is 1.69. The SMILES string of the molecule is Cc1ncsc1C(=O)c1ccc(C(F)(F)F)cc1. The summed E-state index contributed by atoms with van der Waals surface area (Å²) < 4.78 is 37.1. The highest BCUT2D eigenvalue weighted by Crippen LogP contribution is 2.29. The first-order chi connectivity index (χ1) is 8.39. The average Bonchev–Trinajstić information content (AvgIpc) is 2.73. The van der Waals surface area contributed by atoms with E-state index in [4.69, 9.17) is 0 Å². The topological polar surface area (TPSA) is 30.0 Å². The van der Waals surface area contributed by atoms with Crippen LogP contribution in [0.4, 0.5) is 13.2 Å². The van der Waals surface area contributed by atoms with Gasteiger partial charge in [-0.3, -0.25) is 4.79 Å². The van der Waals surface area contributed by atoms with E-state index in [1.54, 1.807) is 6.92 Å². The molecule has 0 unspecified atom stereocenters. The van der Waals surface area contributed by atoms with Crippen LogP contribution in [0.2, 0.25) is 0 Å². The molecule has 1 aromatic heterocycles. The zero-order chi connectivity index (χ0) is 13.3. The minimum atomic E-state index is -4.39. The summed E-state index contributed by atoms with van der Waals surface area (Å²) in [4.78, 5) is 16.4. The van der Waals surface area contributed by atoms with Crippen LogP contribution in [0.15, 0.2) is 29.8 Å². The van der Waals surface area contributed by atoms with Crippen molar-refractivity contribution in [3.63, 3.8) is 0 Å². The summed E-state index contributed by atoms with van der Waals surface area (Å²) in [7, 11) is 0. The Morgan fingerprint density at radius 3 is 2.28 bits per heavy atom. The maximum Gasteiger partial charge on any atom is 0.416 e. The molecule has 0 amide bonds. The van der Waals surface area contributed by atoms with Crippen LogP contribution in [0.25, 0.3) is 0 Å². The van der Waals surface area contributed by atoms with Gasteiger partial charge in [0.25, 0.3) is 0 Å². The molecule has 0 radical (unpaired) electrons. The van der Waals surface area contributed by atoms with Crippen molar-refractivity contribution in [1.29, 1.82) is 0 Å². The van der Waals surface area contributed by atoms with Gasteiger partial charge in [0.2, 0.25) is 5.78 Å². The monoisotopic (exact) mass is 271 g/mol. The number of carbonyl (C=O) groups excluding carboxylic acids is 1. The predicted molar refractivity (Wildman–Crippen MR) is 61.7 cm³/mol. The van der Waals surface area contributed by atoms with Crippen molar-refractivity contribution in [1.82, 2.24) is 4.98 Å². The highest BCUT2D eigenvalue weighted by molar-refractivity contribution is 7.12. The van der Waals surface area contributed by atoms with Crippen LogP contribution in [-0.4, -0.2) is 10.8 Å². The normalized spacial score (nSPS) is 11.6. The molecular formula is C12H8F3NOS. The van der Waals surface area contributed by atoms with Crippen LogP contribution in [0, 0.1) is 6.92 Å². The van der Waals surface area contributed by atoms with Gasteiger partial charge in [-0.25, -0.2) is 4.98 Å². The summed E-state index contributed by atoms with van der Waals surface area (Å²) in [6, 6.07) is 4.18. The van der Waals surface area contributed by atoms with Gasteiger partial charge < -0.3 is 0 Å². The molecule has 2 rings (SSSR count). The molecule has 0 spiro atoms. The Kier molecular flexibility index (Phi) is 3.21. The number of thiazole rings is 1. The van der Waals surface area contributed by atoms with E-state index in [0.717, 1.165) is 12.1 Å². The van der Waals surface area contributed by atoms with Gasteiger partial charge in [-0.05, 0) is 19.1 Å². The van der Waals surface area contributed by atoms with Crippen molar-refractivity contribution in [2.45, 2.75) is 13.1 Å².